The molecule has 3 aliphatic rings. The monoisotopic (exact) mass is 595 g/mol. The second kappa shape index (κ2) is 10.3. The Morgan fingerprint density at radius 3 is 2.69 bits per heavy atom. The fraction of sp³-hybridized carbons (Fsp3) is 0.440. The van der Waals surface area contributed by atoms with Crippen molar-refractivity contribution in [3.8, 4) is 0 Å². The van der Waals surface area contributed by atoms with Crippen molar-refractivity contribution in [2.45, 2.75) is 31.3 Å². The van der Waals surface area contributed by atoms with Gasteiger partial charge in [-0.15, -0.1) is 11.3 Å². The molecular formula is C25H27ClFN5O5S2. The first-order valence-electron chi connectivity index (χ1n) is 12.2. The molecule has 2 atom stereocenters. The maximum absolute atomic E-state index is 14.5. The number of carbonyl (C=O) groups is 2. The minimum atomic E-state index is -3.76. The molecule has 1 N–H and O–H groups in total. The molecule has 1 amide bonds. The highest BCUT2D eigenvalue weighted by atomic mass is 35.5. The van der Waals surface area contributed by atoms with Crippen molar-refractivity contribution in [1.29, 1.82) is 0 Å². The highest BCUT2D eigenvalue weighted by Gasteiger charge is 2.54. The molecule has 0 bridgehead atoms. The molecule has 208 valence electrons. The van der Waals surface area contributed by atoms with Gasteiger partial charge < -0.3 is 9.64 Å². The molecule has 3 heterocycles. The fourth-order valence-corrected chi connectivity index (χ4v) is 6.71. The van der Waals surface area contributed by atoms with Gasteiger partial charge in [0.2, 0.25) is 10.0 Å². The molecule has 1 aromatic heterocycles. The second-order valence-electron chi connectivity index (χ2n) is 10.1. The van der Waals surface area contributed by atoms with Crippen LogP contribution in [-0.4, -0.2) is 80.5 Å². The standard InChI is InChI=1S/C25H27ClFN5O5S2/c1-31-17(12-32-13-25(7-8-25)11-16(32)22(33)30-39(3,35)36)18(24(34)37-2)20(14-5-4-6-15(27)19(14)26)29-21(31)23-28-9-10-38-23/h4-6,9-10,16,20H,7-8,11-13H2,1-3H3,(H,30,33)/t16-,20-/m0/s1. The number of amidine groups is 1. The Bertz CT molecular complexity index is 1490. The molecule has 10 nitrogen and oxygen atoms in total. The molecule has 0 radical (unpaired) electrons. The molecule has 1 saturated carbocycles. The number of carbonyl (C=O) groups excluding carboxylic acids is 2. The van der Waals surface area contributed by atoms with Crippen molar-refractivity contribution in [2.75, 3.05) is 33.5 Å². The van der Waals surface area contributed by atoms with Crippen LogP contribution in [0.25, 0.3) is 0 Å². The van der Waals surface area contributed by atoms with E-state index in [-0.39, 0.29) is 28.1 Å². The van der Waals surface area contributed by atoms with Gasteiger partial charge in [-0.3, -0.25) is 19.4 Å². The summed E-state index contributed by atoms with van der Waals surface area (Å²) in [6.07, 6.45) is 4.93. The van der Waals surface area contributed by atoms with Gasteiger partial charge in [0.15, 0.2) is 10.8 Å². The topological polar surface area (TPSA) is 121 Å². The summed E-state index contributed by atoms with van der Waals surface area (Å²) >= 11 is 7.72. The summed E-state index contributed by atoms with van der Waals surface area (Å²) in [6, 6.07) is 2.58. The van der Waals surface area contributed by atoms with Gasteiger partial charge in [0.05, 0.1) is 30.0 Å². The molecule has 0 unspecified atom stereocenters. The maximum atomic E-state index is 14.5. The highest BCUT2D eigenvalue weighted by molar-refractivity contribution is 7.89. The molecule has 2 aliphatic heterocycles. The average molecular weight is 596 g/mol. The third-order valence-electron chi connectivity index (χ3n) is 7.37. The van der Waals surface area contributed by atoms with E-state index in [1.807, 2.05) is 4.90 Å². The van der Waals surface area contributed by atoms with Gasteiger partial charge in [-0.2, -0.15) is 0 Å². The summed E-state index contributed by atoms with van der Waals surface area (Å²) in [5, 5.41) is 2.19. The predicted octanol–water partition coefficient (Wildman–Crippen LogP) is 2.73. The first-order chi connectivity index (χ1) is 18.4. The number of likely N-dealkylation sites (tertiary alicyclic amines) is 1. The number of benzene rings is 1. The van der Waals surface area contributed by atoms with Crippen molar-refractivity contribution in [3.05, 3.63) is 62.5 Å². The summed E-state index contributed by atoms with van der Waals surface area (Å²) in [4.78, 5) is 39.2. The highest BCUT2D eigenvalue weighted by Crippen LogP contribution is 2.55. The van der Waals surface area contributed by atoms with Crippen LogP contribution in [0.5, 0.6) is 0 Å². The first kappa shape index (κ1) is 27.7. The molecular weight excluding hydrogens is 569 g/mol. The van der Waals surface area contributed by atoms with Crippen molar-refractivity contribution in [3.63, 3.8) is 0 Å². The second-order valence-corrected chi connectivity index (χ2v) is 13.1. The average Bonchev–Trinajstić information content (AvgIpc) is 3.25. The van der Waals surface area contributed by atoms with Crippen LogP contribution in [0.1, 0.15) is 35.9 Å². The van der Waals surface area contributed by atoms with Crippen LogP contribution in [0, 0.1) is 11.2 Å². The van der Waals surface area contributed by atoms with Gasteiger partial charge >= 0.3 is 5.97 Å². The van der Waals surface area contributed by atoms with E-state index in [9.17, 15) is 22.4 Å². The zero-order chi connectivity index (χ0) is 28.1. The van der Waals surface area contributed by atoms with E-state index in [1.165, 1.54) is 30.6 Å². The van der Waals surface area contributed by atoms with Crippen LogP contribution in [0.2, 0.25) is 5.02 Å². The number of methoxy groups -OCH3 is 1. The Morgan fingerprint density at radius 1 is 1.33 bits per heavy atom. The Labute approximate surface area is 234 Å². The van der Waals surface area contributed by atoms with E-state index in [4.69, 9.17) is 21.3 Å². The van der Waals surface area contributed by atoms with Crippen LogP contribution in [-0.2, 0) is 24.3 Å². The zero-order valence-corrected chi connectivity index (χ0v) is 23.9. The fourth-order valence-electron chi connectivity index (χ4n) is 5.31. The number of likely N-dealkylation sites (N-methyl/N-ethyl adjacent to an activating group) is 1. The number of nitrogens with zero attached hydrogens (tertiary/aromatic N) is 4. The van der Waals surface area contributed by atoms with Crippen molar-refractivity contribution >= 4 is 50.7 Å². The molecule has 2 aromatic rings. The van der Waals surface area contributed by atoms with Crippen LogP contribution in [0.4, 0.5) is 4.39 Å². The normalized spacial score (nSPS) is 22.7. The summed E-state index contributed by atoms with van der Waals surface area (Å²) in [6.45, 7) is 0.661. The van der Waals surface area contributed by atoms with Crippen molar-refractivity contribution in [2.24, 2.45) is 10.4 Å². The van der Waals surface area contributed by atoms with E-state index >= 15 is 0 Å². The number of hydrogen-bond donors (Lipinski definition) is 1. The molecule has 1 spiro atoms. The number of nitrogens with one attached hydrogen (secondary N) is 1. The van der Waals surface area contributed by atoms with Gasteiger partial charge in [0.1, 0.15) is 11.9 Å². The predicted molar refractivity (Wildman–Crippen MR) is 144 cm³/mol. The largest absolute Gasteiger partial charge is 0.466 e. The molecule has 1 aromatic carbocycles. The van der Waals surface area contributed by atoms with Gasteiger partial charge in [-0.05, 0) is 30.7 Å². The van der Waals surface area contributed by atoms with Crippen LogP contribution < -0.4 is 4.72 Å². The molecule has 1 saturated heterocycles. The summed E-state index contributed by atoms with van der Waals surface area (Å²) in [5.41, 5.74) is 0.827. The lowest BCUT2D eigenvalue weighted by Gasteiger charge is -2.36. The Kier molecular flexibility index (Phi) is 7.29. The maximum Gasteiger partial charge on any atom is 0.338 e. The molecule has 39 heavy (non-hydrogen) atoms. The Balaban J connectivity index is 1.63. The first-order valence-corrected chi connectivity index (χ1v) is 15.3. The van der Waals surface area contributed by atoms with Gasteiger partial charge in [-0.25, -0.2) is 22.6 Å². The van der Waals surface area contributed by atoms with E-state index in [2.05, 4.69) is 9.71 Å². The molecule has 5 rings (SSSR count). The van der Waals surface area contributed by atoms with Crippen LogP contribution in [0.3, 0.4) is 0 Å². The summed E-state index contributed by atoms with van der Waals surface area (Å²) in [7, 11) is -0.787. The zero-order valence-electron chi connectivity index (χ0n) is 21.5. The number of rotatable bonds is 7. The molecule has 14 heteroatoms. The van der Waals surface area contributed by atoms with Crippen LogP contribution >= 0.6 is 22.9 Å². The van der Waals surface area contributed by atoms with E-state index in [1.54, 1.807) is 29.6 Å². The number of aromatic nitrogens is 1. The number of aliphatic imine (C=N–C) groups is 1. The third kappa shape index (κ3) is 5.45. The number of esters is 1. The number of ether oxygens (including phenoxy) is 1. The Morgan fingerprint density at radius 2 is 2.08 bits per heavy atom. The molecule has 1 aliphatic carbocycles. The number of hydrogen-bond acceptors (Lipinski definition) is 10. The van der Waals surface area contributed by atoms with Crippen molar-refractivity contribution in [1.82, 2.24) is 19.5 Å². The summed E-state index contributed by atoms with van der Waals surface area (Å²) < 4.78 is 45.5. The molecule has 2 fully saturated rings. The van der Waals surface area contributed by atoms with E-state index in [0.717, 1.165) is 19.1 Å². The summed E-state index contributed by atoms with van der Waals surface area (Å²) in [5.74, 6) is -1.51. The number of amides is 1. The van der Waals surface area contributed by atoms with E-state index < -0.39 is 39.8 Å². The minimum absolute atomic E-state index is 0.0732. The number of sulfonamides is 1. The third-order valence-corrected chi connectivity index (χ3v) is 9.11. The number of thiazole rings is 1. The van der Waals surface area contributed by atoms with Crippen LogP contribution in [0.15, 0.2) is 46.0 Å². The van der Waals surface area contributed by atoms with E-state index in [0.29, 0.717) is 29.5 Å². The van der Waals surface area contributed by atoms with Gasteiger partial charge in [0, 0.05) is 43.0 Å². The van der Waals surface area contributed by atoms with Gasteiger partial charge in [0.25, 0.3) is 5.91 Å². The minimum Gasteiger partial charge on any atom is -0.466 e. The lowest BCUT2D eigenvalue weighted by atomic mass is 9.94. The SMILES string of the molecule is COC(=O)C1=C(CN2CC3(CC3)C[C@H]2C(=O)NS(C)(=O)=O)N(C)C(c2nccs2)=N[C@H]1c1cccc(F)c1Cl. The van der Waals surface area contributed by atoms with Crippen molar-refractivity contribution < 1.29 is 27.1 Å². The quantitative estimate of drug-likeness (QED) is 0.485. The lowest BCUT2D eigenvalue weighted by Crippen LogP contribution is -2.48. The van der Waals surface area contributed by atoms with Gasteiger partial charge in [-0.1, -0.05) is 23.7 Å². The number of halogens is 2. The Hall–Kier alpha value is -2.87. The lowest BCUT2D eigenvalue weighted by molar-refractivity contribution is -0.136. The smallest absolute Gasteiger partial charge is 0.338 e.